The number of carbonyl (C=O) groups is 1. The van der Waals surface area contributed by atoms with Crippen molar-refractivity contribution in [2.24, 2.45) is 11.1 Å². The molecule has 0 heterocycles. The summed E-state index contributed by atoms with van der Waals surface area (Å²) in [4.78, 5) is 11.8. The summed E-state index contributed by atoms with van der Waals surface area (Å²) in [7, 11) is 0. The fraction of sp³-hybridized carbons (Fsp3) is 0.917. The van der Waals surface area contributed by atoms with Gasteiger partial charge in [-0.3, -0.25) is 4.79 Å². The van der Waals surface area contributed by atoms with Crippen molar-refractivity contribution in [3.8, 4) is 0 Å². The summed E-state index contributed by atoms with van der Waals surface area (Å²) in [5, 5.41) is 0. The largest absolute Gasteiger partial charge is 0.466 e. The molecule has 3 heteroatoms. The lowest BCUT2D eigenvalue weighted by Crippen LogP contribution is -2.39. The molecule has 0 rings (SSSR count). The van der Waals surface area contributed by atoms with Crippen LogP contribution in [0.25, 0.3) is 0 Å². The van der Waals surface area contributed by atoms with Gasteiger partial charge in [0.05, 0.1) is 12.0 Å². The normalized spacial score (nSPS) is 14.7. The van der Waals surface area contributed by atoms with Gasteiger partial charge in [0.15, 0.2) is 0 Å². The maximum atomic E-state index is 11.8. The minimum Gasteiger partial charge on any atom is -0.466 e. The minimum absolute atomic E-state index is 0.119. The molecule has 0 fully saturated rings. The average Bonchev–Trinajstić information content (AvgIpc) is 2.25. The van der Waals surface area contributed by atoms with Crippen molar-refractivity contribution in [1.29, 1.82) is 0 Å². The zero-order chi connectivity index (χ0) is 11.7. The van der Waals surface area contributed by atoms with E-state index in [1.54, 1.807) is 0 Å². The lowest BCUT2D eigenvalue weighted by atomic mass is 9.80. The highest BCUT2D eigenvalue weighted by atomic mass is 16.5. The third kappa shape index (κ3) is 4.20. The fourth-order valence-electron chi connectivity index (χ4n) is 1.75. The van der Waals surface area contributed by atoms with E-state index in [1.165, 1.54) is 0 Å². The standard InChI is InChI=1S/C12H25NO2/c1-4-7-8-9-12(5-2,10-13)11(14)15-6-3/h4-10,13H2,1-3H3. The van der Waals surface area contributed by atoms with Gasteiger partial charge in [-0.15, -0.1) is 0 Å². The van der Waals surface area contributed by atoms with E-state index in [4.69, 9.17) is 10.5 Å². The number of nitrogens with two attached hydrogens (primary N) is 1. The van der Waals surface area contributed by atoms with Crippen molar-refractivity contribution in [3.05, 3.63) is 0 Å². The first-order chi connectivity index (χ1) is 7.16. The first kappa shape index (κ1) is 14.4. The lowest BCUT2D eigenvalue weighted by Gasteiger charge is -2.28. The van der Waals surface area contributed by atoms with Gasteiger partial charge in [0.2, 0.25) is 0 Å². The van der Waals surface area contributed by atoms with Crippen LogP contribution < -0.4 is 5.73 Å². The number of carbonyl (C=O) groups excluding carboxylic acids is 1. The van der Waals surface area contributed by atoms with Gasteiger partial charge in [-0.05, 0) is 19.8 Å². The molecule has 0 saturated carbocycles. The molecule has 0 aromatic heterocycles. The third-order valence-corrected chi connectivity index (χ3v) is 3.03. The van der Waals surface area contributed by atoms with Crippen LogP contribution in [0.5, 0.6) is 0 Å². The van der Waals surface area contributed by atoms with Crippen molar-refractivity contribution in [1.82, 2.24) is 0 Å². The smallest absolute Gasteiger partial charge is 0.313 e. The van der Waals surface area contributed by atoms with E-state index in [2.05, 4.69) is 6.92 Å². The Morgan fingerprint density at radius 1 is 1.27 bits per heavy atom. The maximum Gasteiger partial charge on any atom is 0.313 e. The molecule has 0 radical (unpaired) electrons. The zero-order valence-corrected chi connectivity index (χ0v) is 10.3. The number of rotatable bonds is 8. The molecule has 0 aliphatic heterocycles. The highest BCUT2D eigenvalue weighted by Gasteiger charge is 2.35. The van der Waals surface area contributed by atoms with Crippen LogP contribution in [-0.4, -0.2) is 19.1 Å². The van der Waals surface area contributed by atoms with Crippen molar-refractivity contribution in [3.63, 3.8) is 0 Å². The predicted molar refractivity (Wildman–Crippen MR) is 62.6 cm³/mol. The number of hydrogen-bond donors (Lipinski definition) is 1. The van der Waals surface area contributed by atoms with Crippen LogP contribution in [0.1, 0.15) is 52.9 Å². The van der Waals surface area contributed by atoms with Crippen molar-refractivity contribution < 1.29 is 9.53 Å². The Balaban J connectivity index is 4.35. The van der Waals surface area contributed by atoms with Crippen LogP contribution >= 0.6 is 0 Å². The summed E-state index contributed by atoms with van der Waals surface area (Å²) < 4.78 is 5.10. The summed E-state index contributed by atoms with van der Waals surface area (Å²) in [5.41, 5.74) is 5.29. The third-order valence-electron chi connectivity index (χ3n) is 3.03. The molecule has 3 nitrogen and oxygen atoms in total. The summed E-state index contributed by atoms with van der Waals surface area (Å²) in [6.45, 7) is 6.83. The number of unbranched alkanes of at least 4 members (excludes halogenated alkanes) is 2. The molecule has 90 valence electrons. The Labute approximate surface area is 93.4 Å². The van der Waals surface area contributed by atoms with Crippen LogP contribution in [0.2, 0.25) is 0 Å². The quantitative estimate of drug-likeness (QED) is 0.500. The Morgan fingerprint density at radius 2 is 1.93 bits per heavy atom. The molecule has 0 bridgehead atoms. The van der Waals surface area contributed by atoms with Crippen molar-refractivity contribution >= 4 is 5.97 Å². The Kier molecular flexibility index (Phi) is 7.39. The van der Waals surface area contributed by atoms with E-state index in [9.17, 15) is 4.79 Å². The molecule has 0 aromatic carbocycles. The van der Waals surface area contributed by atoms with Gasteiger partial charge < -0.3 is 10.5 Å². The summed E-state index contributed by atoms with van der Waals surface area (Å²) in [6, 6.07) is 0. The second-order valence-electron chi connectivity index (χ2n) is 4.02. The van der Waals surface area contributed by atoms with E-state index in [-0.39, 0.29) is 5.97 Å². The van der Waals surface area contributed by atoms with E-state index in [1.807, 2.05) is 13.8 Å². The zero-order valence-electron chi connectivity index (χ0n) is 10.3. The van der Waals surface area contributed by atoms with Gasteiger partial charge >= 0.3 is 5.97 Å². The second-order valence-corrected chi connectivity index (χ2v) is 4.02. The van der Waals surface area contributed by atoms with E-state index >= 15 is 0 Å². The Bertz CT molecular complexity index is 176. The topological polar surface area (TPSA) is 52.3 Å². The number of hydrogen-bond acceptors (Lipinski definition) is 3. The van der Waals surface area contributed by atoms with Gasteiger partial charge in [0, 0.05) is 6.54 Å². The lowest BCUT2D eigenvalue weighted by molar-refractivity contribution is -0.155. The summed E-state index contributed by atoms with van der Waals surface area (Å²) >= 11 is 0. The minimum atomic E-state index is -0.439. The SMILES string of the molecule is CCCCCC(CC)(CN)C(=O)OCC. The first-order valence-electron chi connectivity index (χ1n) is 6.04. The molecule has 1 atom stereocenters. The Morgan fingerprint density at radius 3 is 2.33 bits per heavy atom. The van der Waals surface area contributed by atoms with Crippen LogP contribution in [0.15, 0.2) is 0 Å². The summed E-state index contributed by atoms with van der Waals surface area (Å²) in [5.74, 6) is -0.119. The van der Waals surface area contributed by atoms with E-state index < -0.39 is 5.41 Å². The predicted octanol–water partition coefficient (Wildman–Crippen LogP) is 2.48. The molecule has 0 aliphatic carbocycles. The van der Waals surface area contributed by atoms with Crippen LogP contribution in [0, 0.1) is 5.41 Å². The summed E-state index contributed by atoms with van der Waals surface area (Å²) in [6.07, 6.45) is 4.99. The molecule has 0 amide bonds. The highest BCUT2D eigenvalue weighted by molar-refractivity contribution is 5.77. The van der Waals surface area contributed by atoms with E-state index in [0.29, 0.717) is 13.2 Å². The van der Waals surface area contributed by atoms with Crippen LogP contribution in [0.4, 0.5) is 0 Å². The first-order valence-corrected chi connectivity index (χ1v) is 6.04. The van der Waals surface area contributed by atoms with Gasteiger partial charge in [0.1, 0.15) is 0 Å². The Hall–Kier alpha value is -0.570. The molecule has 0 aliphatic rings. The number of esters is 1. The molecule has 0 saturated heterocycles. The fourth-order valence-corrected chi connectivity index (χ4v) is 1.75. The van der Waals surface area contributed by atoms with E-state index in [0.717, 1.165) is 32.1 Å². The van der Waals surface area contributed by atoms with Gasteiger partial charge in [-0.1, -0.05) is 33.1 Å². The second kappa shape index (κ2) is 7.69. The molecule has 0 aromatic rings. The van der Waals surface area contributed by atoms with Gasteiger partial charge in [0.25, 0.3) is 0 Å². The van der Waals surface area contributed by atoms with Crippen LogP contribution in [-0.2, 0) is 9.53 Å². The molecule has 15 heavy (non-hydrogen) atoms. The van der Waals surface area contributed by atoms with Crippen molar-refractivity contribution in [2.45, 2.75) is 52.9 Å². The number of ether oxygens (including phenoxy) is 1. The molecule has 2 N–H and O–H groups in total. The van der Waals surface area contributed by atoms with Crippen molar-refractivity contribution in [2.75, 3.05) is 13.2 Å². The van der Waals surface area contributed by atoms with Gasteiger partial charge in [-0.2, -0.15) is 0 Å². The molecule has 1 unspecified atom stereocenters. The van der Waals surface area contributed by atoms with Gasteiger partial charge in [-0.25, -0.2) is 0 Å². The molecular formula is C12H25NO2. The average molecular weight is 215 g/mol. The highest BCUT2D eigenvalue weighted by Crippen LogP contribution is 2.29. The monoisotopic (exact) mass is 215 g/mol. The molecule has 0 spiro atoms. The maximum absolute atomic E-state index is 11.8. The van der Waals surface area contributed by atoms with Crippen LogP contribution in [0.3, 0.4) is 0 Å². The molecular weight excluding hydrogens is 190 g/mol.